The van der Waals surface area contributed by atoms with Gasteiger partial charge in [-0.3, -0.25) is 9.59 Å². The minimum atomic E-state index is -0.593. The first-order valence-corrected chi connectivity index (χ1v) is 10.2. The lowest BCUT2D eigenvalue weighted by Gasteiger charge is -2.11. The number of ether oxygens (including phenoxy) is 3. The van der Waals surface area contributed by atoms with Crippen LogP contribution >= 0.6 is 0 Å². The van der Waals surface area contributed by atoms with Crippen LogP contribution in [0.25, 0.3) is 0 Å². The van der Waals surface area contributed by atoms with E-state index in [1.807, 2.05) is 54.6 Å². The Morgan fingerprint density at radius 3 is 2.31 bits per heavy atom. The third-order valence-corrected chi connectivity index (χ3v) is 4.67. The van der Waals surface area contributed by atoms with Crippen LogP contribution in [0.2, 0.25) is 0 Å². The maximum atomic E-state index is 12.5. The van der Waals surface area contributed by atoms with Crippen molar-refractivity contribution in [2.75, 3.05) is 20.3 Å². The molecule has 2 amide bonds. The molecule has 0 aromatic heterocycles. The highest BCUT2D eigenvalue weighted by Gasteiger charge is 2.12. The number of nitrogens with two attached hydrogens (primary N) is 1. The highest BCUT2D eigenvalue weighted by Crippen LogP contribution is 2.28. The predicted molar refractivity (Wildman–Crippen MR) is 121 cm³/mol. The number of hydrogen-bond acceptors (Lipinski definition) is 5. The van der Waals surface area contributed by atoms with E-state index in [9.17, 15) is 9.59 Å². The smallest absolute Gasteiger partial charge is 0.255 e. The van der Waals surface area contributed by atoms with Gasteiger partial charge in [-0.25, -0.2) is 0 Å². The van der Waals surface area contributed by atoms with E-state index >= 15 is 0 Å². The molecule has 0 saturated carbocycles. The maximum Gasteiger partial charge on any atom is 0.255 e. The third-order valence-electron chi connectivity index (χ3n) is 4.67. The number of carbonyl (C=O) groups is 2. The minimum absolute atomic E-state index is 0.229. The molecule has 0 bridgehead atoms. The Morgan fingerprint density at radius 2 is 1.62 bits per heavy atom. The largest absolute Gasteiger partial charge is 0.493 e. The van der Waals surface area contributed by atoms with Crippen LogP contribution in [-0.4, -0.2) is 32.1 Å². The van der Waals surface area contributed by atoms with Crippen molar-refractivity contribution in [3.63, 3.8) is 0 Å². The molecule has 3 N–H and O–H groups in total. The van der Waals surface area contributed by atoms with Gasteiger partial charge in [-0.1, -0.05) is 42.5 Å². The van der Waals surface area contributed by atoms with Crippen molar-refractivity contribution in [2.24, 2.45) is 5.73 Å². The molecular formula is C25H26N2O5. The van der Waals surface area contributed by atoms with Crippen LogP contribution in [0.3, 0.4) is 0 Å². The molecule has 32 heavy (non-hydrogen) atoms. The molecule has 0 aliphatic rings. The second kappa shape index (κ2) is 11.4. The number of carbonyl (C=O) groups excluding carboxylic acids is 2. The van der Waals surface area contributed by atoms with Gasteiger partial charge in [-0.2, -0.15) is 0 Å². The lowest BCUT2D eigenvalue weighted by Crippen LogP contribution is -2.25. The van der Waals surface area contributed by atoms with E-state index < -0.39 is 5.91 Å². The Morgan fingerprint density at radius 1 is 0.875 bits per heavy atom. The zero-order chi connectivity index (χ0) is 22.8. The van der Waals surface area contributed by atoms with Crippen molar-refractivity contribution >= 4 is 11.8 Å². The molecule has 0 fully saturated rings. The van der Waals surface area contributed by atoms with Gasteiger partial charge in [0.05, 0.1) is 7.11 Å². The molecule has 0 saturated heterocycles. The zero-order valence-electron chi connectivity index (χ0n) is 17.9. The Bertz CT molecular complexity index is 1040. The van der Waals surface area contributed by atoms with Gasteiger partial charge >= 0.3 is 0 Å². The van der Waals surface area contributed by atoms with Crippen molar-refractivity contribution in [1.29, 1.82) is 0 Å². The molecule has 166 valence electrons. The van der Waals surface area contributed by atoms with Crippen molar-refractivity contribution < 1.29 is 23.8 Å². The molecule has 7 nitrogen and oxygen atoms in total. The second-order valence-electron chi connectivity index (χ2n) is 7.04. The fourth-order valence-electron chi connectivity index (χ4n) is 2.99. The number of benzene rings is 3. The van der Waals surface area contributed by atoms with Crippen LogP contribution in [0.4, 0.5) is 0 Å². The van der Waals surface area contributed by atoms with E-state index in [-0.39, 0.29) is 12.5 Å². The standard InChI is InChI=1S/C25H26N2O5/c1-30-23-15-20(9-12-22(23)32-17-24(26)28)25(29)27-14-13-18-7-10-21(11-8-18)31-16-19-5-3-2-4-6-19/h2-12,15H,13-14,16-17H2,1H3,(H2,26,28)(H,27,29). The van der Waals surface area contributed by atoms with Crippen molar-refractivity contribution in [3.05, 3.63) is 89.5 Å². The SMILES string of the molecule is COc1cc(C(=O)NCCc2ccc(OCc3ccccc3)cc2)ccc1OCC(N)=O. The van der Waals surface area contributed by atoms with E-state index in [4.69, 9.17) is 19.9 Å². The molecule has 0 aliphatic heterocycles. The van der Waals surface area contributed by atoms with Crippen LogP contribution in [0.1, 0.15) is 21.5 Å². The molecule has 0 unspecified atom stereocenters. The van der Waals surface area contributed by atoms with Gasteiger partial charge in [0.2, 0.25) is 0 Å². The van der Waals surface area contributed by atoms with Crippen LogP contribution in [0.5, 0.6) is 17.2 Å². The van der Waals surface area contributed by atoms with Gasteiger partial charge in [0.25, 0.3) is 11.8 Å². The number of hydrogen-bond donors (Lipinski definition) is 2. The van der Waals surface area contributed by atoms with Crippen LogP contribution in [0.15, 0.2) is 72.8 Å². The summed E-state index contributed by atoms with van der Waals surface area (Å²) in [7, 11) is 1.46. The van der Waals surface area contributed by atoms with Gasteiger partial charge in [-0.15, -0.1) is 0 Å². The number of methoxy groups -OCH3 is 1. The van der Waals surface area contributed by atoms with E-state index in [2.05, 4.69) is 5.32 Å². The van der Waals surface area contributed by atoms with Gasteiger partial charge in [0.1, 0.15) is 12.4 Å². The summed E-state index contributed by atoms with van der Waals surface area (Å²) in [5.41, 5.74) is 7.72. The zero-order valence-corrected chi connectivity index (χ0v) is 17.9. The van der Waals surface area contributed by atoms with Crippen LogP contribution in [-0.2, 0) is 17.8 Å². The van der Waals surface area contributed by atoms with Gasteiger partial charge < -0.3 is 25.3 Å². The molecule has 0 spiro atoms. The van der Waals surface area contributed by atoms with E-state index in [1.165, 1.54) is 7.11 Å². The third kappa shape index (κ3) is 6.77. The van der Waals surface area contributed by atoms with E-state index in [0.29, 0.717) is 36.6 Å². The summed E-state index contributed by atoms with van der Waals surface area (Å²) in [5.74, 6) is 0.673. The topological polar surface area (TPSA) is 99.9 Å². The van der Waals surface area contributed by atoms with E-state index in [0.717, 1.165) is 16.9 Å². The second-order valence-corrected chi connectivity index (χ2v) is 7.04. The molecule has 3 rings (SSSR count). The fourth-order valence-corrected chi connectivity index (χ4v) is 2.99. The van der Waals surface area contributed by atoms with Crippen LogP contribution < -0.4 is 25.3 Å². The Labute approximate surface area is 187 Å². The number of rotatable bonds is 11. The van der Waals surface area contributed by atoms with Gasteiger partial charge in [0.15, 0.2) is 18.1 Å². The number of nitrogens with one attached hydrogen (secondary N) is 1. The Hall–Kier alpha value is -4.00. The first kappa shape index (κ1) is 22.7. The van der Waals surface area contributed by atoms with Gasteiger partial charge in [-0.05, 0) is 47.9 Å². The summed E-state index contributed by atoms with van der Waals surface area (Å²) in [6.07, 6.45) is 0.682. The fraction of sp³-hybridized carbons (Fsp3) is 0.200. The summed E-state index contributed by atoms with van der Waals surface area (Å²) in [5, 5.41) is 2.89. The molecular weight excluding hydrogens is 408 g/mol. The Balaban J connectivity index is 1.47. The maximum absolute atomic E-state index is 12.5. The monoisotopic (exact) mass is 434 g/mol. The lowest BCUT2D eigenvalue weighted by atomic mass is 10.1. The highest BCUT2D eigenvalue weighted by atomic mass is 16.5. The van der Waals surface area contributed by atoms with Crippen LogP contribution in [0, 0.1) is 0 Å². The molecule has 0 atom stereocenters. The highest BCUT2D eigenvalue weighted by molar-refractivity contribution is 5.94. The minimum Gasteiger partial charge on any atom is -0.493 e. The molecule has 0 aliphatic carbocycles. The summed E-state index contributed by atoms with van der Waals surface area (Å²) in [4.78, 5) is 23.3. The normalized spacial score (nSPS) is 10.3. The molecule has 7 heteroatoms. The average molecular weight is 434 g/mol. The van der Waals surface area contributed by atoms with E-state index in [1.54, 1.807) is 18.2 Å². The predicted octanol–water partition coefficient (Wildman–Crippen LogP) is 3.11. The molecule has 0 radical (unpaired) electrons. The summed E-state index contributed by atoms with van der Waals surface area (Å²) < 4.78 is 16.3. The first-order chi connectivity index (χ1) is 15.5. The number of amides is 2. The van der Waals surface area contributed by atoms with Crippen molar-refractivity contribution in [1.82, 2.24) is 5.32 Å². The van der Waals surface area contributed by atoms with Crippen molar-refractivity contribution in [2.45, 2.75) is 13.0 Å². The number of primary amides is 1. The summed E-state index contributed by atoms with van der Waals surface area (Å²) >= 11 is 0. The van der Waals surface area contributed by atoms with Gasteiger partial charge in [0, 0.05) is 12.1 Å². The first-order valence-electron chi connectivity index (χ1n) is 10.2. The average Bonchev–Trinajstić information content (AvgIpc) is 2.82. The molecule has 0 heterocycles. The molecule has 3 aromatic rings. The molecule has 3 aromatic carbocycles. The summed E-state index contributed by atoms with van der Waals surface area (Å²) in [6, 6.07) is 22.6. The lowest BCUT2D eigenvalue weighted by molar-refractivity contribution is -0.119. The Kier molecular flexibility index (Phi) is 8.09. The summed E-state index contributed by atoms with van der Waals surface area (Å²) in [6.45, 7) is 0.731. The quantitative estimate of drug-likeness (QED) is 0.483. The van der Waals surface area contributed by atoms with Crippen molar-refractivity contribution in [3.8, 4) is 17.2 Å².